The number of anilines is 1. The van der Waals surface area contributed by atoms with E-state index in [1.807, 2.05) is 26.0 Å². The van der Waals surface area contributed by atoms with Crippen molar-refractivity contribution in [1.82, 2.24) is 5.32 Å². The molecule has 0 saturated heterocycles. The van der Waals surface area contributed by atoms with E-state index in [1.54, 1.807) is 24.3 Å². The molecule has 0 atom stereocenters. The molecule has 0 unspecified atom stereocenters. The number of hydrogen-bond acceptors (Lipinski definition) is 3. The molecule has 2 rings (SSSR count). The van der Waals surface area contributed by atoms with E-state index in [9.17, 15) is 9.59 Å². The largest absolute Gasteiger partial charge is 0.481 e. The van der Waals surface area contributed by atoms with Gasteiger partial charge in [-0.2, -0.15) is 0 Å². The van der Waals surface area contributed by atoms with Crippen LogP contribution < -0.4 is 15.4 Å². The van der Waals surface area contributed by atoms with Gasteiger partial charge in [0.2, 0.25) is 0 Å². The molecule has 2 N–H and O–H groups in total. The Balaban J connectivity index is 1.96. The summed E-state index contributed by atoms with van der Waals surface area (Å²) >= 11 is 10.2. The zero-order valence-electron chi connectivity index (χ0n) is 14.8. The summed E-state index contributed by atoms with van der Waals surface area (Å²) in [5, 5.41) is 5.59. The molecule has 0 aromatic heterocycles. The van der Waals surface area contributed by atoms with Gasteiger partial charge in [0.15, 0.2) is 6.61 Å². The van der Waals surface area contributed by atoms with Crippen LogP contribution in [-0.4, -0.2) is 25.0 Å². The Morgan fingerprint density at radius 2 is 1.74 bits per heavy atom. The number of halogens is 3. The van der Waals surface area contributed by atoms with E-state index in [0.717, 1.165) is 13.4 Å². The van der Waals surface area contributed by atoms with E-state index in [2.05, 4.69) is 58.4 Å². The Kier molecular flexibility index (Phi) is 8.31. The van der Waals surface area contributed by atoms with Gasteiger partial charge in [-0.25, -0.2) is 0 Å². The van der Waals surface area contributed by atoms with Crippen molar-refractivity contribution >= 4 is 65.3 Å². The van der Waals surface area contributed by atoms with E-state index in [-0.39, 0.29) is 18.4 Å². The predicted molar refractivity (Wildman–Crippen MR) is 117 cm³/mol. The van der Waals surface area contributed by atoms with Crippen LogP contribution in [0, 0.1) is 5.92 Å². The van der Waals surface area contributed by atoms with Gasteiger partial charge in [0.25, 0.3) is 11.8 Å². The van der Waals surface area contributed by atoms with Gasteiger partial charge in [-0.15, -0.1) is 0 Å². The van der Waals surface area contributed by atoms with Crippen molar-refractivity contribution < 1.29 is 14.3 Å². The summed E-state index contributed by atoms with van der Waals surface area (Å²) in [6, 6.07) is 10.5. The van der Waals surface area contributed by atoms with Crippen molar-refractivity contribution in [3.05, 3.63) is 55.4 Å². The van der Waals surface area contributed by atoms with E-state index in [0.29, 0.717) is 29.5 Å². The van der Waals surface area contributed by atoms with Crippen LogP contribution in [0.5, 0.6) is 5.75 Å². The van der Waals surface area contributed by atoms with Crippen molar-refractivity contribution in [2.24, 2.45) is 5.92 Å². The molecule has 0 heterocycles. The summed E-state index contributed by atoms with van der Waals surface area (Å²) in [5.74, 6) is 0.414. The van der Waals surface area contributed by atoms with E-state index >= 15 is 0 Å². The number of rotatable bonds is 7. The first-order valence-corrected chi connectivity index (χ1v) is 10.6. The van der Waals surface area contributed by atoms with Crippen LogP contribution in [0.2, 0.25) is 0 Å². The van der Waals surface area contributed by atoms with Crippen molar-refractivity contribution in [2.75, 3.05) is 18.5 Å². The standard InChI is InChI=1S/C19H19Br3N2O3/c1-11(2)9-23-19(26)12-4-3-5-14(6-12)24-17(25)10-27-18-15(21)7-13(20)8-16(18)22/h3-8,11H,9-10H2,1-2H3,(H,23,26)(H,24,25). The fraction of sp³-hybridized carbons (Fsp3) is 0.263. The average molecular weight is 563 g/mol. The SMILES string of the molecule is CC(C)CNC(=O)c1cccc(NC(=O)COc2c(Br)cc(Br)cc2Br)c1. The number of amides is 2. The Hall–Kier alpha value is -1.38. The Labute approximate surface area is 183 Å². The van der Waals surface area contributed by atoms with Crippen LogP contribution >= 0.6 is 47.8 Å². The van der Waals surface area contributed by atoms with Gasteiger partial charge in [-0.05, 0) is 68.1 Å². The summed E-state index contributed by atoms with van der Waals surface area (Å²) < 4.78 is 7.92. The molecule has 0 bridgehead atoms. The third kappa shape index (κ3) is 6.93. The highest BCUT2D eigenvalue weighted by Crippen LogP contribution is 2.36. The predicted octanol–water partition coefficient (Wildman–Crippen LogP) is 5.38. The van der Waals surface area contributed by atoms with Crippen LogP contribution in [0.3, 0.4) is 0 Å². The second-order valence-corrected chi connectivity index (χ2v) is 8.84. The van der Waals surface area contributed by atoms with Gasteiger partial charge in [0.05, 0.1) is 8.95 Å². The molecule has 5 nitrogen and oxygen atoms in total. The van der Waals surface area contributed by atoms with Gasteiger partial charge >= 0.3 is 0 Å². The van der Waals surface area contributed by atoms with Crippen molar-refractivity contribution in [3.8, 4) is 5.75 Å². The highest BCUT2D eigenvalue weighted by atomic mass is 79.9. The minimum atomic E-state index is -0.323. The highest BCUT2D eigenvalue weighted by Gasteiger charge is 2.12. The third-order valence-electron chi connectivity index (χ3n) is 3.39. The summed E-state index contributed by atoms with van der Waals surface area (Å²) in [7, 11) is 0. The molecule has 144 valence electrons. The monoisotopic (exact) mass is 560 g/mol. The number of benzene rings is 2. The molecule has 2 aromatic carbocycles. The molecule has 2 aromatic rings. The molecule has 0 saturated carbocycles. The highest BCUT2D eigenvalue weighted by molar-refractivity contribution is 9.11. The zero-order valence-corrected chi connectivity index (χ0v) is 19.6. The zero-order chi connectivity index (χ0) is 20.0. The van der Waals surface area contributed by atoms with Crippen molar-refractivity contribution in [3.63, 3.8) is 0 Å². The first kappa shape index (κ1) is 21.9. The number of carbonyl (C=O) groups excluding carboxylic acids is 2. The van der Waals surface area contributed by atoms with Crippen LogP contribution in [0.1, 0.15) is 24.2 Å². The van der Waals surface area contributed by atoms with Gasteiger partial charge in [0, 0.05) is 22.3 Å². The molecule has 0 aliphatic heterocycles. The molecule has 2 amide bonds. The summed E-state index contributed by atoms with van der Waals surface area (Å²) in [6.07, 6.45) is 0. The van der Waals surface area contributed by atoms with Gasteiger partial charge in [-0.1, -0.05) is 35.8 Å². The van der Waals surface area contributed by atoms with E-state index < -0.39 is 0 Å². The lowest BCUT2D eigenvalue weighted by atomic mass is 10.1. The lowest BCUT2D eigenvalue weighted by Gasteiger charge is -2.12. The molecule has 0 fully saturated rings. The minimum Gasteiger partial charge on any atom is -0.481 e. The molecule has 27 heavy (non-hydrogen) atoms. The van der Waals surface area contributed by atoms with Crippen molar-refractivity contribution in [1.29, 1.82) is 0 Å². The third-order valence-corrected chi connectivity index (χ3v) is 5.03. The van der Waals surface area contributed by atoms with Crippen molar-refractivity contribution in [2.45, 2.75) is 13.8 Å². The molecule has 0 spiro atoms. The Morgan fingerprint density at radius 3 is 2.37 bits per heavy atom. The number of ether oxygens (including phenoxy) is 1. The quantitative estimate of drug-likeness (QED) is 0.476. The number of carbonyl (C=O) groups is 2. The van der Waals surface area contributed by atoms with Crippen LogP contribution in [0.25, 0.3) is 0 Å². The maximum absolute atomic E-state index is 12.2. The fourth-order valence-electron chi connectivity index (χ4n) is 2.14. The molecular formula is C19H19Br3N2O3. The average Bonchev–Trinajstić information content (AvgIpc) is 2.58. The minimum absolute atomic E-state index is 0.164. The summed E-state index contributed by atoms with van der Waals surface area (Å²) in [6.45, 7) is 4.49. The van der Waals surface area contributed by atoms with Crippen LogP contribution in [0.4, 0.5) is 5.69 Å². The molecule has 8 heteroatoms. The normalized spacial score (nSPS) is 10.6. The van der Waals surface area contributed by atoms with Crippen LogP contribution in [0.15, 0.2) is 49.8 Å². The van der Waals surface area contributed by atoms with Crippen LogP contribution in [-0.2, 0) is 4.79 Å². The maximum atomic E-state index is 12.2. The first-order chi connectivity index (χ1) is 12.8. The Morgan fingerprint density at radius 1 is 1.07 bits per heavy atom. The summed E-state index contributed by atoms with van der Waals surface area (Å²) in [4.78, 5) is 24.3. The fourth-order valence-corrected chi connectivity index (χ4v) is 4.63. The smallest absolute Gasteiger partial charge is 0.262 e. The molecular weight excluding hydrogens is 544 g/mol. The first-order valence-electron chi connectivity index (χ1n) is 8.21. The summed E-state index contributed by atoms with van der Waals surface area (Å²) in [5.41, 5.74) is 1.03. The maximum Gasteiger partial charge on any atom is 0.262 e. The number of nitrogens with one attached hydrogen (secondary N) is 2. The molecule has 0 aliphatic carbocycles. The number of hydrogen-bond donors (Lipinski definition) is 2. The molecule has 0 aliphatic rings. The van der Waals surface area contributed by atoms with Gasteiger partial charge in [0.1, 0.15) is 5.75 Å². The second-order valence-electron chi connectivity index (χ2n) is 6.22. The van der Waals surface area contributed by atoms with Gasteiger partial charge < -0.3 is 15.4 Å². The molecule has 0 radical (unpaired) electrons. The Bertz CT molecular complexity index is 818. The lowest BCUT2D eigenvalue weighted by Crippen LogP contribution is -2.27. The second kappa shape index (κ2) is 10.2. The topological polar surface area (TPSA) is 67.4 Å². The van der Waals surface area contributed by atoms with E-state index in [4.69, 9.17) is 4.74 Å². The van der Waals surface area contributed by atoms with E-state index in [1.165, 1.54) is 0 Å². The van der Waals surface area contributed by atoms with Gasteiger partial charge in [-0.3, -0.25) is 9.59 Å². The lowest BCUT2D eigenvalue weighted by molar-refractivity contribution is -0.118.